The van der Waals surface area contributed by atoms with Gasteiger partial charge >= 0.3 is 6.16 Å². The van der Waals surface area contributed by atoms with Gasteiger partial charge in [0.1, 0.15) is 5.75 Å². The molecule has 10 heteroatoms. The molecule has 1 atom stereocenters. The van der Waals surface area contributed by atoms with Gasteiger partial charge in [0, 0.05) is 54.2 Å². The molecule has 1 heterocycles. The molecule has 2 N–H and O–H groups in total. The molecule has 1 saturated heterocycles. The highest BCUT2D eigenvalue weighted by Crippen LogP contribution is 2.34. The Balaban J connectivity index is 0.00000103. The predicted molar refractivity (Wildman–Crippen MR) is 157 cm³/mol. The van der Waals surface area contributed by atoms with E-state index in [0.29, 0.717) is 25.1 Å². The van der Waals surface area contributed by atoms with Crippen LogP contribution in [-0.2, 0) is 16.1 Å². The molecule has 2 fully saturated rings. The van der Waals surface area contributed by atoms with Gasteiger partial charge in [-0.2, -0.15) is 0 Å². The lowest BCUT2D eigenvalue weighted by Crippen LogP contribution is -2.32. The summed E-state index contributed by atoms with van der Waals surface area (Å²) in [6, 6.07) is 14.9. The molecule has 8 nitrogen and oxygen atoms in total. The number of carbonyl (C=O) groups excluding carboxylic acids is 2. The van der Waals surface area contributed by atoms with Gasteiger partial charge in [-0.25, -0.2) is 4.79 Å². The van der Waals surface area contributed by atoms with E-state index in [9.17, 15) is 9.59 Å². The van der Waals surface area contributed by atoms with Crippen molar-refractivity contribution >= 4 is 41.3 Å². The van der Waals surface area contributed by atoms with Crippen molar-refractivity contribution in [1.82, 2.24) is 9.80 Å². The summed E-state index contributed by atoms with van der Waals surface area (Å²) in [6.45, 7) is 4.66. The molecule has 218 valence electrons. The molecular weight excluding hydrogens is 552 g/mol. The molecule has 0 unspecified atom stereocenters. The number of imide groups is 1. The minimum Gasteiger partial charge on any atom is -0.496 e. The molecule has 0 bridgehead atoms. The summed E-state index contributed by atoms with van der Waals surface area (Å²) in [5, 5.41) is 14.7. The largest absolute Gasteiger partial charge is 0.503 e. The molecule has 0 spiro atoms. The number of methoxy groups -OCH3 is 1. The number of benzene rings is 2. The summed E-state index contributed by atoms with van der Waals surface area (Å²) in [5.74, 6) is 2.12. The van der Waals surface area contributed by atoms with Gasteiger partial charge in [-0.05, 0) is 61.1 Å². The van der Waals surface area contributed by atoms with E-state index in [-0.39, 0.29) is 17.9 Å². The lowest BCUT2D eigenvalue weighted by atomic mass is 9.88. The number of carboxylic acid groups (broad SMARTS) is 2. The quantitative estimate of drug-likeness (QED) is 0.214. The van der Waals surface area contributed by atoms with Crippen molar-refractivity contribution < 1.29 is 29.3 Å². The van der Waals surface area contributed by atoms with Crippen LogP contribution >= 0.6 is 23.4 Å². The Morgan fingerprint density at radius 3 is 2.30 bits per heavy atom. The fourth-order valence-electron chi connectivity index (χ4n) is 5.30. The fourth-order valence-corrected chi connectivity index (χ4v) is 6.36. The van der Waals surface area contributed by atoms with Crippen LogP contribution in [0.25, 0.3) is 0 Å². The number of amides is 2. The van der Waals surface area contributed by atoms with E-state index in [4.69, 9.17) is 31.3 Å². The van der Waals surface area contributed by atoms with E-state index in [1.165, 1.54) is 48.1 Å². The summed E-state index contributed by atoms with van der Waals surface area (Å²) in [4.78, 5) is 37.3. The zero-order valence-electron chi connectivity index (χ0n) is 23.2. The summed E-state index contributed by atoms with van der Waals surface area (Å²) < 4.78 is 5.74. The van der Waals surface area contributed by atoms with Crippen LogP contribution in [0.1, 0.15) is 69.0 Å². The smallest absolute Gasteiger partial charge is 0.496 e. The number of likely N-dealkylation sites (tertiary alicyclic amines) is 1. The minimum atomic E-state index is -1.83. The van der Waals surface area contributed by atoms with E-state index in [2.05, 4.69) is 42.2 Å². The Hall–Kier alpha value is -2.75. The molecule has 0 radical (unpaired) electrons. The van der Waals surface area contributed by atoms with Gasteiger partial charge in [0.2, 0.25) is 11.8 Å². The Kier molecular flexibility index (Phi) is 12.6. The van der Waals surface area contributed by atoms with Gasteiger partial charge in [0.05, 0.1) is 7.11 Å². The first-order chi connectivity index (χ1) is 19.2. The summed E-state index contributed by atoms with van der Waals surface area (Å²) in [6.07, 6.45) is 5.50. The van der Waals surface area contributed by atoms with E-state index in [1.807, 2.05) is 12.1 Å². The van der Waals surface area contributed by atoms with Gasteiger partial charge in [-0.15, -0.1) is 11.8 Å². The molecule has 1 aliphatic carbocycles. The number of hydrogen-bond donors (Lipinski definition) is 2. The molecule has 1 aliphatic heterocycles. The van der Waals surface area contributed by atoms with Crippen LogP contribution in [-0.4, -0.2) is 63.9 Å². The maximum Gasteiger partial charge on any atom is 0.503 e. The second kappa shape index (κ2) is 15.9. The maximum atomic E-state index is 11.9. The van der Waals surface area contributed by atoms with Crippen molar-refractivity contribution in [2.45, 2.75) is 69.4 Å². The first-order valence-electron chi connectivity index (χ1n) is 13.7. The first-order valence-corrected chi connectivity index (χ1v) is 15.1. The average molecular weight is 591 g/mol. The standard InChI is InChI=1S/C29H37ClN2O3S.CH2O3/c1-21(24-9-11-25(30)12-10-24)31(19-22-6-4-3-5-7-22)20-23-8-13-27(26(18-23)35-2)36-17-16-32-28(33)14-15-29(32)34;2-1(3)4/h8-13,18,21-22H,3-7,14-17,19-20H2,1-2H3;(H2,2,3,4)/t21-;/m0./s1. The first kappa shape index (κ1) is 31.8. The van der Waals surface area contributed by atoms with Crippen LogP contribution < -0.4 is 4.74 Å². The monoisotopic (exact) mass is 590 g/mol. The Morgan fingerprint density at radius 2 is 1.70 bits per heavy atom. The van der Waals surface area contributed by atoms with E-state index >= 15 is 0 Å². The molecule has 40 heavy (non-hydrogen) atoms. The Morgan fingerprint density at radius 1 is 1.07 bits per heavy atom. The zero-order valence-corrected chi connectivity index (χ0v) is 24.8. The number of ether oxygens (including phenoxy) is 1. The van der Waals surface area contributed by atoms with Gasteiger partial charge in [-0.1, -0.05) is 49.1 Å². The third kappa shape index (κ3) is 9.71. The molecule has 1 saturated carbocycles. The van der Waals surface area contributed by atoms with Crippen molar-refractivity contribution in [3.63, 3.8) is 0 Å². The number of carbonyl (C=O) groups is 3. The second-order valence-corrected chi connectivity index (χ2v) is 11.8. The van der Waals surface area contributed by atoms with Crippen molar-refractivity contribution in [3.8, 4) is 5.75 Å². The van der Waals surface area contributed by atoms with Crippen molar-refractivity contribution in [2.75, 3.05) is 26.0 Å². The average Bonchev–Trinajstić information content (AvgIpc) is 3.26. The topological polar surface area (TPSA) is 107 Å². The van der Waals surface area contributed by atoms with Gasteiger partial charge in [0.15, 0.2) is 0 Å². The second-order valence-electron chi connectivity index (χ2n) is 10.2. The van der Waals surface area contributed by atoms with Crippen LogP contribution in [0.15, 0.2) is 47.4 Å². The van der Waals surface area contributed by atoms with Crippen molar-refractivity contribution in [2.24, 2.45) is 5.92 Å². The van der Waals surface area contributed by atoms with Crippen LogP contribution in [0.4, 0.5) is 4.79 Å². The third-order valence-corrected chi connectivity index (χ3v) is 8.75. The summed E-state index contributed by atoms with van der Waals surface area (Å²) in [7, 11) is 1.70. The van der Waals surface area contributed by atoms with Gasteiger partial charge in [-0.3, -0.25) is 19.4 Å². The lowest BCUT2D eigenvalue weighted by molar-refractivity contribution is -0.137. The Bertz CT molecular complexity index is 1120. The normalized spacial score (nSPS) is 16.6. The third-order valence-electron chi connectivity index (χ3n) is 7.46. The van der Waals surface area contributed by atoms with Gasteiger partial charge < -0.3 is 14.9 Å². The molecule has 2 amide bonds. The van der Waals surface area contributed by atoms with Crippen LogP contribution in [0.5, 0.6) is 5.75 Å². The van der Waals surface area contributed by atoms with Crippen molar-refractivity contribution in [3.05, 3.63) is 58.6 Å². The lowest BCUT2D eigenvalue weighted by Gasteiger charge is -2.34. The van der Waals surface area contributed by atoms with Crippen molar-refractivity contribution in [1.29, 1.82) is 0 Å². The highest BCUT2D eigenvalue weighted by atomic mass is 35.5. The number of hydrogen-bond acceptors (Lipinski definition) is 6. The highest BCUT2D eigenvalue weighted by Gasteiger charge is 2.28. The van der Waals surface area contributed by atoms with Crippen LogP contribution in [0, 0.1) is 5.92 Å². The number of thioether (sulfide) groups is 1. The molecule has 0 aromatic heterocycles. The van der Waals surface area contributed by atoms with E-state index in [1.54, 1.807) is 18.9 Å². The van der Waals surface area contributed by atoms with Crippen LogP contribution in [0.3, 0.4) is 0 Å². The summed E-state index contributed by atoms with van der Waals surface area (Å²) in [5.41, 5.74) is 2.50. The SMILES string of the molecule is COc1cc(CN(CC2CCCCC2)[C@@H](C)c2ccc(Cl)cc2)ccc1SCCN1C(=O)CCC1=O.O=C(O)O. The predicted octanol–water partition coefficient (Wildman–Crippen LogP) is 6.96. The van der Waals surface area contributed by atoms with E-state index < -0.39 is 6.16 Å². The zero-order chi connectivity index (χ0) is 29.1. The van der Waals surface area contributed by atoms with E-state index in [0.717, 1.165) is 34.7 Å². The molecule has 2 aromatic carbocycles. The minimum absolute atomic E-state index is 0.0595. The van der Waals surface area contributed by atoms with Crippen LogP contribution in [0.2, 0.25) is 5.02 Å². The number of rotatable bonds is 11. The summed E-state index contributed by atoms with van der Waals surface area (Å²) >= 11 is 7.78. The molecule has 2 aromatic rings. The molecular formula is C30H39ClN2O6S. The van der Waals surface area contributed by atoms with Gasteiger partial charge in [0.25, 0.3) is 0 Å². The Labute approximate surface area is 245 Å². The molecule has 4 rings (SSSR count). The number of halogens is 1. The molecule has 2 aliphatic rings. The maximum absolute atomic E-state index is 11.9. The highest BCUT2D eigenvalue weighted by molar-refractivity contribution is 7.99. The number of nitrogens with zero attached hydrogens (tertiary/aromatic N) is 2. The fraction of sp³-hybridized carbons (Fsp3) is 0.500.